The van der Waals surface area contributed by atoms with Gasteiger partial charge in [-0.05, 0) is 24.5 Å². The molecular weight excluding hydrogens is 370 g/mol. The predicted molar refractivity (Wildman–Crippen MR) is 107 cm³/mol. The van der Waals surface area contributed by atoms with Crippen LogP contribution in [0.15, 0.2) is 59.1 Å². The Hall–Kier alpha value is -2.74. The third-order valence-corrected chi connectivity index (χ3v) is 5.03. The highest BCUT2D eigenvalue weighted by Gasteiger charge is 2.28. The highest BCUT2D eigenvalue weighted by atomic mass is 16.5. The number of para-hydroxylation sites is 1. The highest BCUT2D eigenvalue weighted by Crippen LogP contribution is 2.31. The molecule has 2 unspecified atom stereocenters. The maximum atomic E-state index is 6.41. The molecule has 0 bridgehead atoms. The van der Waals surface area contributed by atoms with E-state index in [4.69, 9.17) is 24.5 Å². The van der Waals surface area contributed by atoms with Crippen LogP contribution in [-0.2, 0) is 9.47 Å². The summed E-state index contributed by atoms with van der Waals surface area (Å²) in [5.74, 6) is 1.47. The van der Waals surface area contributed by atoms with Crippen LogP contribution in [0.5, 0.6) is 5.75 Å². The summed E-state index contributed by atoms with van der Waals surface area (Å²) in [6, 6.07) is 16.9. The molecule has 2 atom stereocenters. The first-order valence-corrected chi connectivity index (χ1v) is 9.76. The number of hydrogen-bond acceptors (Lipinski definition) is 7. The van der Waals surface area contributed by atoms with Crippen LogP contribution in [0.4, 0.5) is 0 Å². The first-order chi connectivity index (χ1) is 14.3. The van der Waals surface area contributed by atoms with Crippen LogP contribution in [-0.4, -0.2) is 36.6 Å². The van der Waals surface area contributed by atoms with E-state index in [2.05, 4.69) is 10.1 Å². The average Bonchev–Trinajstić information content (AvgIpc) is 3.28. The van der Waals surface area contributed by atoms with Crippen LogP contribution < -0.4 is 10.5 Å². The van der Waals surface area contributed by atoms with Crippen LogP contribution >= 0.6 is 0 Å². The quantitative estimate of drug-likeness (QED) is 0.655. The number of nitrogens with two attached hydrogens (primary N) is 1. The van der Waals surface area contributed by atoms with Crippen molar-refractivity contribution in [2.75, 3.05) is 20.3 Å². The normalized spacial score (nSPS) is 17.0. The van der Waals surface area contributed by atoms with Gasteiger partial charge in [-0.15, -0.1) is 0 Å². The van der Waals surface area contributed by atoms with Crippen molar-refractivity contribution >= 4 is 0 Å². The minimum absolute atomic E-state index is 0.0761. The van der Waals surface area contributed by atoms with Gasteiger partial charge >= 0.3 is 0 Å². The summed E-state index contributed by atoms with van der Waals surface area (Å²) in [4.78, 5) is 4.59. The summed E-state index contributed by atoms with van der Waals surface area (Å²) in [5, 5.41) is 4.14. The Morgan fingerprint density at radius 3 is 2.52 bits per heavy atom. The first-order valence-electron chi connectivity index (χ1n) is 9.76. The Labute approximate surface area is 169 Å². The van der Waals surface area contributed by atoms with E-state index in [9.17, 15) is 0 Å². The van der Waals surface area contributed by atoms with E-state index in [0.29, 0.717) is 30.7 Å². The Kier molecular flexibility index (Phi) is 6.19. The summed E-state index contributed by atoms with van der Waals surface area (Å²) in [6.45, 7) is 1.39. The number of methoxy groups -OCH3 is 1. The van der Waals surface area contributed by atoms with E-state index in [1.807, 2.05) is 54.6 Å². The maximum Gasteiger partial charge on any atom is 0.260 e. The second-order valence-corrected chi connectivity index (χ2v) is 6.95. The van der Waals surface area contributed by atoms with Crippen LogP contribution in [0.3, 0.4) is 0 Å². The molecule has 1 saturated heterocycles. The molecule has 1 aliphatic heterocycles. The second kappa shape index (κ2) is 9.17. The minimum atomic E-state index is -0.567. The van der Waals surface area contributed by atoms with Gasteiger partial charge in [-0.25, -0.2) is 0 Å². The molecule has 1 aliphatic rings. The van der Waals surface area contributed by atoms with Gasteiger partial charge in [0.25, 0.3) is 5.89 Å². The molecule has 0 spiro atoms. The van der Waals surface area contributed by atoms with Gasteiger partial charge in [-0.1, -0.05) is 53.7 Å². The predicted octanol–water partition coefficient (Wildman–Crippen LogP) is 3.41. The van der Waals surface area contributed by atoms with E-state index >= 15 is 0 Å². The number of benzene rings is 2. The molecule has 29 heavy (non-hydrogen) atoms. The van der Waals surface area contributed by atoms with E-state index < -0.39 is 12.1 Å². The molecule has 4 rings (SSSR count). The van der Waals surface area contributed by atoms with Gasteiger partial charge in [-0.3, -0.25) is 0 Å². The van der Waals surface area contributed by atoms with Crippen LogP contribution in [0.1, 0.15) is 47.8 Å². The van der Waals surface area contributed by atoms with Crippen LogP contribution in [0.25, 0.3) is 0 Å². The fourth-order valence-corrected chi connectivity index (χ4v) is 3.45. The van der Waals surface area contributed by atoms with Crippen molar-refractivity contribution in [2.45, 2.75) is 31.1 Å². The van der Waals surface area contributed by atoms with Crippen molar-refractivity contribution < 1.29 is 18.7 Å². The van der Waals surface area contributed by atoms with Crippen molar-refractivity contribution in [1.29, 1.82) is 0 Å². The van der Waals surface area contributed by atoms with Crippen molar-refractivity contribution in [3.8, 4) is 5.75 Å². The SMILES string of the molecule is COc1ccccc1C(N)c1noc(C(OC2CCOCC2)c2ccccc2)n1. The lowest BCUT2D eigenvalue weighted by Gasteiger charge is -2.26. The van der Waals surface area contributed by atoms with E-state index in [1.165, 1.54) is 0 Å². The molecule has 2 heterocycles. The number of hydrogen-bond donors (Lipinski definition) is 1. The summed E-state index contributed by atoms with van der Waals surface area (Å²) < 4.78 is 22.8. The van der Waals surface area contributed by atoms with Gasteiger partial charge in [-0.2, -0.15) is 4.98 Å². The third kappa shape index (κ3) is 4.48. The van der Waals surface area contributed by atoms with E-state index in [1.54, 1.807) is 7.11 Å². The smallest absolute Gasteiger partial charge is 0.260 e. The second-order valence-electron chi connectivity index (χ2n) is 6.95. The van der Waals surface area contributed by atoms with Gasteiger partial charge in [0, 0.05) is 18.8 Å². The Balaban J connectivity index is 1.61. The van der Waals surface area contributed by atoms with Crippen molar-refractivity contribution in [3.05, 3.63) is 77.4 Å². The van der Waals surface area contributed by atoms with E-state index in [-0.39, 0.29) is 6.10 Å². The topological polar surface area (TPSA) is 92.6 Å². The summed E-state index contributed by atoms with van der Waals surface area (Å²) in [7, 11) is 1.61. The maximum absolute atomic E-state index is 6.41. The van der Waals surface area contributed by atoms with Gasteiger partial charge in [0.05, 0.1) is 19.3 Å². The molecule has 7 nitrogen and oxygen atoms in total. The molecule has 0 radical (unpaired) electrons. The summed E-state index contributed by atoms with van der Waals surface area (Å²) in [6.07, 6.45) is 1.30. The lowest BCUT2D eigenvalue weighted by molar-refractivity contribution is -0.0647. The summed E-state index contributed by atoms with van der Waals surface area (Å²) >= 11 is 0. The molecule has 3 aromatic rings. The van der Waals surface area contributed by atoms with Crippen molar-refractivity contribution in [3.63, 3.8) is 0 Å². The molecule has 0 saturated carbocycles. The Morgan fingerprint density at radius 1 is 1.03 bits per heavy atom. The van der Waals surface area contributed by atoms with Crippen LogP contribution in [0, 0.1) is 0 Å². The number of nitrogens with zero attached hydrogens (tertiary/aromatic N) is 2. The zero-order valence-electron chi connectivity index (χ0n) is 16.4. The zero-order chi connectivity index (χ0) is 20.1. The lowest BCUT2D eigenvalue weighted by atomic mass is 10.1. The number of ether oxygens (including phenoxy) is 3. The van der Waals surface area contributed by atoms with Crippen molar-refractivity contribution in [1.82, 2.24) is 10.1 Å². The molecule has 7 heteroatoms. The fourth-order valence-electron chi connectivity index (χ4n) is 3.45. The molecular formula is C22H25N3O4. The number of aromatic nitrogens is 2. The minimum Gasteiger partial charge on any atom is -0.496 e. The first kappa shape index (κ1) is 19.6. The highest BCUT2D eigenvalue weighted by molar-refractivity contribution is 5.38. The standard InChI is InChI=1S/C22H25N3O4/c1-26-18-10-6-5-9-17(18)19(23)21-24-22(29-25-21)20(15-7-3-2-4-8-15)28-16-11-13-27-14-12-16/h2-10,16,19-20H,11-14,23H2,1H3. The van der Waals surface area contributed by atoms with Crippen LogP contribution in [0.2, 0.25) is 0 Å². The largest absolute Gasteiger partial charge is 0.496 e. The molecule has 2 N–H and O–H groups in total. The average molecular weight is 395 g/mol. The monoisotopic (exact) mass is 395 g/mol. The van der Waals surface area contributed by atoms with Gasteiger partial charge in [0.15, 0.2) is 11.9 Å². The van der Waals surface area contributed by atoms with Gasteiger partial charge in [0.2, 0.25) is 0 Å². The molecule has 1 fully saturated rings. The Morgan fingerprint density at radius 2 is 1.76 bits per heavy atom. The van der Waals surface area contributed by atoms with Gasteiger partial charge in [0.1, 0.15) is 5.75 Å². The molecule has 1 aromatic heterocycles. The molecule has 0 aliphatic carbocycles. The van der Waals surface area contributed by atoms with Crippen molar-refractivity contribution in [2.24, 2.45) is 5.73 Å². The fraction of sp³-hybridized carbons (Fsp3) is 0.364. The molecule has 0 amide bonds. The summed E-state index contributed by atoms with van der Waals surface area (Å²) in [5.41, 5.74) is 8.16. The van der Waals surface area contributed by atoms with Gasteiger partial charge < -0.3 is 24.5 Å². The number of rotatable bonds is 7. The van der Waals surface area contributed by atoms with E-state index in [0.717, 1.165) is 24.0 Å². The zero-order valence-corrected chi connectivity index (χ0v) is 16.4. The molecule has 152 valence electrons. The third-order valence-electron chi connectivity index (χ3n) is 5.03. The lowest BCUT2D eigenvalue weighted by Crippen LogP contribution is -2.26. The Bertz CT molecular complexity index is 909. The molecule has 2 aromatic carbocycles.